The van der Waals surface area contributed by atoms with E-state index in [1.165, 1.54) is 0 Å². The first-order valence-electron chi connectivity index (χ1n) is 10.3. The quantitative estimate of drug-likeness (QED) is 0.395. The van der Waals surface area contributed by atoms with E-state index in [1.54, 1.807) is 24.9 Å². The predicted octanol–water partition coefficient (Wildman–Crippen LogP) is 0.700. The lowest BCUT2D eigenvalue weighted by Crippen LogP contribution is -2.54. The van der Waals surface area contributed by atoms with Crippen molar-refractivity contribution in [2.24, 2.45) is 0 Å². The molecule has 3 aromatic heterocycles. The fraction of sp³-hybridized carbons (Fsp3) is 0.421. The van der Waals surface area contributed by atoms with Crippen LogP contribution in [0, 0.1) is 12.7 Å². The molecule has 1 fully saturated rings. The lowest BCUT2D eigenvalue weighted by atomic mass is 10.2. The zero-order valence-electron chi connectivity index (χ0n) is 18.3. The van der Waals surface area contributed by atoms with Gasteiger partial charge in [-0.05, 0) is 13.8 Å². The van der Waals surface area contributed by atoms with Crippen molar-refractivity contribution in [2.45, 2.75) is 25.9 Å². The Hall–Kier alpha value is -3.94. The molecular formula is C19H24FN11O2. The van der Waals surface area contributed by atoms with E-state index in [2.05, 4.69) is 51.1 Å². The molecule has 13 nitrogen and oxygen atoms in total. The van der Waals surface area contributed by atoms with Crippen LogP contribution in [0.3, 0.4) is 0 Å². The molecule has 0 unspecified atom stereocenters. The molecule has 0 aromatic carbocycles. The van der Waals surface area contributed by atoms with Crippen LogP contribution in [-0.2, 0) is 9.53 Å². The van der Waals surface area contributed by atoms with Crippen LogP contribution in [0.15, 0.2) is 18.5 Å². The zero-order chi connectivity index (χ0) is 23.4. The summed E-state index contributed by atoms with van der Waals surface area (Å²) in [6, 6.07) is 0.770. The molecule has 2 atom stereocenters. The molecule has 1 aliphatic rings. The van der Waals surface area contributed by atoms with Crippen molar-refractivity contribution in [3.63, 3.8) is 0 Å². The molecule has 174 valence electrons. The number of anilines is 4. The highest BCUT2D eigenvalue weighted by Gasteiger charge is 2.31. The number of hydrogen-bond donors (Lipinski definition) is 4. The minimum Gasteiger partial charge on any atom is -0.377 e. The molecule has 0 radical (unpaired) electrons. The standard InChI is InChI=1S/C19H24FN11O2/c1-10-6-14(30-29-10)25-18-26-17(24-11(2)15-22-7-12(20)8-23-15)27-19(28-18)31-4-5-33-9-13(31)16(32)21-3/h6-8,11,13H,4-5,9H2,1-3H3,(H,21,32)(H3,24,25,26,27,28,29,30)/t11-,13+/m0/s1. The third-order valence-corrected chi connectivity index (χ3v) is 4.88. The molecule has 4 heterocycles. The molecule has 33 heavy (non-hydrogen) atoms. The van der Waals surface area contributed by atoms with Crippen molar-refractivity contribution in [2.75, 3.05) is 42.3 Å². The maximum atomic E-state index is 13.2. The number of aromatic amines is 1. The monoisotopic (exact) mass is 457 g/mol. The first-order chi connectivity index (χ1) is 15.9. The van der Waals surface area contributed by atoms with Crippen molar-refractivity contribution in [3.05, 3.63) is 35.8 Å². The Bertz CT molecular complexity index is 1110. The van der Waals surface area contributed by atoms with Crippen molar-refractivity contribution >= 4 is 29.6 Å². The number of nitrogens with one attached hydrogen (secondary N) is 4. The van der Waals surface area contributed by atoms with Gasteiger partial charge in [0.25, 0.3) is 0 Å². The number of H-pyrrole nitrogens is 1. The van der Waals surface area contributed by atoms with Crippen LogP contribution >= 0.6 is 0 Å². The van der Waals surface area contributed by atoms with Crippen LogP contribution in [0.1, 0.15) is 24.5 Å². The molecule has 1 saturated heterocycles. The Balaban J connectivity index is 1.66. The Morgan fingerprint density at radius 3 is 2.73 bits per heavy atom. The summed E-state index contributed by atoms with van der Waals surface area (Å²) in [4.78, 5) is 35.6. The first kappa shape index (κ1) is 22.3. The minimum atomic E-state index is -0.600. The van der Waals surface area contributed by atoms with Crippen LogP contribution in [0.4, 0.5) is 28.1 Å². The summed E-state index contributed by atoms with van der Waals surface area (Å²) in [6.45, 7) is 4.70. The van der Waals surface area contributed by atoms with Gasteiger partial charge in [0.2, 0.25) is 23.8 Å². The lowest BCUT2D eigenvalue weighted by molar-refractivity contribution is -0.124. The van der Waals surface area contributed by atoms with E-state index in [4.69, 9.17) is 4.74 Å². The Morgan fingerprint density at radius 1 is 1.27 bits per heavy atom. The SMILES string of the molecule is CNC(=O)[C@H]1COCCN1c1nc(Nc2cc(C)[nH]n2)nc(N[C@@H](C)c2ncc(F)cn2)n1. The molecule has 0 spiro atoms. The third-order valence-electron chi connectivity index (χ3n) is 4.88. The molecule has 0 saturated carbocycles. The average Bonchev–Trinajstić information content (AvgIpc) is 3.23. The van der Waals surface area contributed by atoms with Gasteiger partial charge >= 0.3 is 0 Å². The van der Waals surface area contributed by atoms with E-state index in [-0.39, 0.29) is 30.4 Å². The molecule has 4 N–H and O–H groups in total. The van der Waals surface area contributed by atoms with Gasteiger partial charge in [-0.1, -0.05) is 0 Å². The van der Waals surface area contributed by atoms with Crippen LogP contribution < -0.4 is 20.9 Å². The number of aryl methyl sites for hydroxylation is 1. The number of ether oxygens (including phenoxy) is 1. The number of morpholine rings is 1. The molecule has 14 heteroatoms. The number of nitrogens with zero attached hydrogens (tertiary/aromatic N) is 7. The topological polar surface area (TPSA) is 159 Å². The largest absolute Gasteiger partial charge is 0.377 e. The Kier molecular flexibility index (Phi) is 6.53. The third kappa shape index (κ3) is 5.28. The van der Waals surface area contributed by atoms with E-state index >= 15 is 0 Å². The van der Waals surface area contributed by atoms with Crippen molar-refractivity contribution in [1.82, 2.24) is 40.4 Å². The summed E-state index contributed by atoms with van der Waals surface area (Å²) in [5, 5.41) is 15.8. The summed E-state index contributed by atoms with van der Waals surface area (Å²) < 4.78 is 18.7. The average molecular weight is 457 g/mol. The van der Waals surface area contributed by atoms with Crippen LogP contribution in [0.5, 0.6) is 0 Å². The van der Waals surface area contributed by atoms with Gasteiger partial charge in [0.1, 0.15) is 11.9 Å². The highest BCUT2D eigenvalue weighted by atomic mass is 19.1. The van der Waals surface area contributed by atoms with Crippen molar-refractivity contribution in [3.8, 4) is 0 Å². The summed E-state index contributed by atoms with van der Waals surface area (Å²) in [7, 11) is 1.56. The minimum absolute atomic E-state index is 0.204. The van der Waals surface area contributed by atoms with Crippen LogP contribution in [0.2, 0.25) is 0 Å². The number of rotatable bonds is 7. The van der Waals surface area contributed by atoms with E-state index in [0.29, 0.717) is 24.8 Å². The second-order valence-electron chi connectivity index (χ2n) is 7.37. The highest BCUT2D eigenvalue weighted by Crippen LogP contribution is 2.22. The van der Waals surface area contributed by atoms with Crippen LogP contribution in [0.25, 0.3) is 0 Å². The summed E-state index contributed by atoms with van der Waals surface area (Å²) in [5.41, 5.74) is 0.861. The van der Waals surface area contributed by atoms with Crippen molar-refractivity contribution < 1.29 is 13.9 Å². The number of amides is 1. The van der Waals surface area contributed by atoms with Gasteiger partial charge in [-0.25, -0.2) is 14.4 Å². The molecule has 1 aliphatic heterocycles. The number of carbonyl (C=O) groups is 1. The summed E-state index contributed by atoms with van der Waals surface area (Å²) >= 11 is 0. The molecule has 4 rings (SSSR count). The maximum absolute atomic E-state index is 13.2. The maximum Gasteiger partial charge on any atom is 0.244 e. The second-order valence-corrected chi connectivity index (χ2v) is 7.37. The van der Waals surface area contributed by atoms with Gasteiger partial charge in [-0.15, -0.1) is 0 Å². The van der Waals surface area contributed by atoms with Gasteiger partial charge in [0.05, 0.1) is 31.6 Å². The summed E-state index contributed by atoms with van der Waals surface area (Å²) in [6.07, 6.45) is 2.18. The predicted molar refractivity (Wildman–Crippen MR) is 116 cm³/mol. The molecule has 0 aliphatic carbocycles. The van der Waals surface area contributed by atoms with E-state index < -0.39 is 17.9 Å². The Morgan fingerprint density at radius 2 is 2.03 bits per heavy atom. The molecular weight excluding hydrogens is 433 g/mol. The van der Waals surface area contributed by atoms with E-state index in [9.17, 15) is 9.18 Å². The second kappa shape index (κ2) is 9.68. The number of likely N-dealkylation sites (N-methyl/N-ethyl adjacent to an activating group) is 1. The number of carbonyl (C=O) groups excluding carboxylic acids is 1. The molecule has 3 aromatic rings. The summed E-state index contributed by atoms with van der Waals surface area (Å²) in [5.74, 6) is 0.879. The number of aromatic nitrogens is 7. The smallest absolute Gasteiger partial charge is 0.244 e. The Labute approximate surface area is 188 Å². The van der Waals surface area contributed by atoms with Crippen LogP contribution in [-0.4, -0.2) is 73.9 Å². The lowest BCUT2D eigenvalue weighted by Gasteiger charge is -2.34. The van der Waals surface area contributed by atoms with Crippen molar-refractivity contribution in [1.29, 1.82) is 0 Å². The van der Waals surface area contributed by atoms with E-state index in [0.717, 1.165) is 18.1 Å². The normalized spacial score (nSPS) is 16.8. The zero-order valence-corrected chi connectivity index (χ0v) is 18.3. The number of halogens is 1. The molecule has 1 amide bonds. The van der Waals surface area contributed by atoms with Gasteiger partial charge in [-0.2, -0.15) is 20.1 Å². The van der Waals surface area contributed by atoms with E-state index in [1.807, 2.05) is 6.92 Å². The van der Waals surface area contributed by atoms with Gasteiger partial charge in [0.15, 0.2) is 11.6 Å². The molecule has 0 bridgehead atoms. The van der Waals surface area contributed by atoms with Gasteiger partial charge in [-0.3, -0.25) is 9.89 Å². The number of hydrogen-bond acceptors (Lipinski definition) is 11. The fourth-order valence-electron chi connectivity index (χ4n) is 3.24. The van der Waals surface area contributed by atoms with Gasteiger partial charge in [0, 0.05) is 25.4 Å². The first-order valence-corrected chi connectivity index (χ1v) is 10.3. The van der Waals surface area contributed by atoms with Gasteiger partial charge < -0.3 is 25.6 Å². The highest BCUT2D eigenvalue weighted by molar-refractivity contribution is 5.85. The fourth-order valence-corrected chi connectivity index (χ4v) is 3.24.